The van der Waals surface area contributed by atoms with Gasteiger partial charge < -0.3 is 5.11 Å². The van der Waals surface area contributed by atoms with Crippen molar-refractivity contribution in [1.82, 2.24) is 0 Å². The highest BCUT2D eigenvalue weighted by molar-refractivity contribution is 7.92. The van der Waals surface area contributed by atoms with Crippen molar-refractivity contribution < 1.29 is 13.5 Å². The average Bonchev–Trinajstić information content (AvgIpc) is 2.28. The normalized spacial score (nSPS) is 14.1. The van der Waals surface area contributed by atoms with Gasteiger partial charge in [-0.2, -0.15) is 0 Å². The molecule has 1 atom stereocenters. The van der Waals surface area contributed by atoms with E-state index in [1.165, 1.54) is 0 Å². The van der Waals surface area contributed by atoms with Crippen molar-refractivity contribution in [3.63, 3.8) is 0 Å². The molecule has 1 aromatic carbocycles. The Bertz CT molecular complexity index is 432. The number of sulfone groups is 1. The third-order valence-electron chi connectivity index (χ3n) is 2.67. The molecular formula is C12H18O3S. The van der Waals surface area contributed by atoms with Gasteiger partial charge >= 0.3 is 0 Å². The van der Waals surface area contributed by atoms with E-state index in [1.807, 2.05) is 6.92 Å². The van der Waals surface area contributed by atoms with Gasteiger partial charge in [0.1, 0.15) is 0 Å². The van der Waals surface area contributed by atoms with Crippen LogP contribution in [0.5, 0.6) is 0 Å². The van der Waals surface area contributed by atoms with Crippen LogP contribution in [0.3, 0.4) is 0 Å². The van der Waals surface area contributed by atoms with Gasteiger partial charge in [0.15, 0.2) is 9.84 Å². The van der Waals surface area contributed by atoms with E-state index >= 15 is 0 Å². The summed E-state index contributed by atoms with van der Waals surface area (Å²) in [5.41, 5.74) is 0.949. The van der Waals surface area contributed by atoms with Gasteiger partial charge in [0, 0.05) is 12.5 Å². The average molecular weight is 242 g/mol. The van der Waals surface area contributed by atoms with Crippen LogP contribution >= 0.6 is 0 Å². The van der Waals surface area contributed by atoms with Crippen LogP contribution in [-0.4, -0.2) is 25.4 Å². The Labute approximate surface area is 97.0 Å². The minimum Gasteiger partial charge on any atom is -0.396 e. The van der Waals surface area contributed by atoms with Gasteiger partial charge in [0.2, 0.25) is 0 Å². The molecule has 16 heavy (non-hydrogen) atoms. The molecule has 3 nitrogen and oxygen atoms in total. The Balaban J connectivity index is 3.05. The van der Waals surface area contributed by atoms with Gasteiger partial charge in [-0.15, -0.1) is 0 Å². The quantitative estimate of drug-likeness (QED) is 0.878. The van der Waals surface area contributed by atoms with Crippen LogP contribution in [0.4, 0.5) is 0 Å². The second-order valence-electron chi connectivity index (χ2n) is 4.25. The second-order valence-corrected chi connectivity index (χ2v) is 6.75. The first kappa shape index (κ1) is 13.2. The molecule has 0 heterocycles. The zero-order valence-corrected chi connectivity index (χ0v) is 10.7. The molecule has 0 spiro atoms. The summed E-state index contributed by atoms with van der Waals surface area (Å²) in [7, 11) is -3.19. The van der Waals surface area contributed by atoms with Crippen molar-refractivity contribution in [3.05, 3.63) is 29.8 Å². The maximum Gasteiger partial charge on any atom is 0.180 e. The molecule has 0 saturated carbocycles. The molecule has 0 aliphatic heterocycles. The zero-order valence-electron chi connectivity index (χ0n) is 9.84. The van der Waals surface area contributed by atoms with Crippen LogP contribution < -0.4 is 0 Å². The van der Waals surface area contributed by atoms with Gasteiger partial charge in [-0.1, -0.05) is 19.1 Å². The third kappa shape index (κ3) is 2.62. The first-order valence-electron chi connectivity index (χ1n) is 5.34. The van der Waals surface area contributed by atoms with Crippen molar-refractivity contribution >= 4 is 9.84 Å². The Morgan fingerprint density at radius 1 is 1.12 bits per heavy atom. The van der Waals surface area contributed by atoms with Crippen molar-refractivity contribution in [3.8, 4) is 0 Å². The van der Waals surface area contributed by atoms with Crippen molar-refractivity contribution in [2.45, 2.75) is 36.8 Å². The van der Waals surface area contributed by atoms with E-state index in [0.29, 0.717) is 4.90 Å². The minimum absolute atomic E-state index is 0.0378. The summed E-state index contributed by atoms with van der Waals surface area (Å²) in [6.07, 6.45) is 0. The Morgan fingerprint density at radius 2 is 1.62 bits per heavy atom. The lowest BCUT2D eigenvalue weighted by atomic mass is 10.0. The molecule has 0 fully saturated rings. The number of aliphatic hydroxyl groups is 1. The fraction of sp³-hybridized carbons (Fsp3) is 0.500. The van der Waals surface area contributed by atoms with E-state index in [4.69, 9.17) is 5.11 Å². The molecule has 1 unspecified atom stereocenters. The van der Waals surface area contributed by atoms with E-state index in [0.717, 1.165) is 5.56 Å². The minimum atomic E-state index is -3.19. The summed E-state index contributed by atoms with van der Waals surface area (Å²) in [5.74, 6) is 0.0378. The van der Waals surface area contributed by atoms with Crippen LogP contribution in [0, 0.1) is 0 Å². The maximum atomic E-state index is 11.8. The predicted octanol–water partition coefficient (Wildman–Crippen LogP) is 1.96. The highest BCUT2D eigenvalue weighted by atomic mass is 32.2. The summed E-state index contributed by atoms with van der Waals surface area (Å²) < 4.78 is 23.7. The van der Waals surface area contributed by atoms with E-state index < -0.39 is 15.1 Å². The molecule has 1 aromatic rings. The molecule has 0 aliphatic carbocycles. The number of hydrogen-bond donors (Lipinski definition) is 1. The van der Waals surface area contributed by atoms with Gasteiger partial charge in [-0.3, -0.25) is 0 Å². The molecule has 1 rings (SSSR count). The van der Waals surface area contributed by atoms with Crippen LogP contribution in [0.15, 0.2) is 29.2 Å². The van der Waals surface area contributed by atoms with Crippen molar-refractivity contribution in [2.24, 2.45) is 0 Å². The van der Waals surface area contributed by atoms with E-state index in [-0.39, 0.29) is 12.5 Å². The van der Waals surface area contributed by atoms with Gasteiger partial charge in [0.05, 0.1) is 10.1 Å². The predicted molar refractivity (Wildman–Crippen MR) is 64.3 cm³/mol. The molecule has 0 amide bonds. The molecular weight excluding hydrogens is 224 g/mol. The van der Waals surface area contributed by atoms with Gasteiger partial charge in [-0.25, -0.2) is 8.42 Å². The molecule has 0 aromatic heterocycles. The lowest BCUT2D eigenvalue weighted by Crippen LogP contribution is -2.14. The molecule has 1 N–H and O–H groups in total. The van der Waals surface area contributed by atoms with Crippen LogP contribution in [0.2, 0.25) is 0 Å². The topological polar surface area (TPSA) is 54.4 Å². The second kappa shape index (κ2) is 4.97. The number of rotatable bonds is 4. The summed E-state index contributed by atoms with van der Waals surface area (Å²) >= 11 is 0. The van der Waals surface area contributed by atoms with Gasteiger partial charge in [-0.05, 0) is 31.5 Å². The standard InChI is InChI=1S/C12H18O3S/c1-9(2)16(14,15)12-6-4-11(5-7-12)10(3)8-13/h4-7,9-10,13H,8H2,1-3H3. The monoisotopic (exact) mass is 242 g/mol. The van der Waals surface area contributed by atoms with E-state index in [1.54, 1.807) is 38.1 Å². The summed E-state index contributed by atoms with van der Waals surface area (Å²) in [6, 6.07) is 6.74. The largest absolute Gasteiger partial charge is 0.396 e. The first-order valence-corrected chi connectivity index (χ1v) is 6.89. The Morgan fingerprint density at radius 3 is 2.00 bits per heavy atom. The first-order chi connectivity index (χ1) is 7.39. The maximum absolute atomic E-state index is 11.8. The molecule has 0 radical (unpaired) electrons. The molecule has 4 heteroatoms. The lowest BCUT2D eigenvalue weighted by molar-refractivity contribution is 0.273. The molecule has 0 saturated heterocycles. The summed E-state index contributed by atoms with van der Waals surface area (Å²) in [4.78, 5) is 0.344. The van der Waals surface area contributed by atoms with E-state index in [9.17, 15) is 8.42 Å². The molecule has 0 bridgehead atoms. The van der Waals surface area contributed by atoms with Crippen LogP contribution in [-0.2, 0) is 9.84 Å². The highest BCUT2D eigenvalue weighted by Crippen LogP contribution is 2.20. The Hall–Kier alpha value is -0.870. The van der Waals surface area contributed by atoms with Crippen LogP contribution in [0.25, 0.3) is 0 Å². The zero-order chi connectivity index (χ0) is 12.3. The van der Waals surface area contributed by atoms with Gasteiger partial charge in [0.25, 0.3) is 0 Å². The van der Waals surface area contributed by atoms with Crippen LogP contribution in [0.1, 0.15) is 32.3 Å². The summed E-state index contributed by atoms with van der Waals surface area (Å²) in [6.45, 7) is 5.29. The van der Waals surface area contributed by atoms with Crippen molar-refractivity contribution in [2.75, 3.05) is 6.61 Å². The van der Waals surface area contributed by atoms with Crippen molar-refractivity contribution in [1.29, 1.82) is 0 Å². The number of benzene rings is 1. The fourth-order valence-electron chi connectivity index (χ4n) is 1.36. The summed E-state index contributed by atoms with van der Waals surface area (Å²) in [5, 5.41) is 8.58. The molecule has 0 aliphatic rings. The third-order valence-corrected chi connectivity index (χ3v) is 4.84. The van der Waals surface area contributed by atoms with E-state index in [2.05, 4.69) is 0 Å². The molecule has 90 valence electrons. The smallest absolute Gasteiger partial charge is 0.180 e. The number of aliphatic hydroxyl groups excluding tert-OH is 1. The lowest BCUT2D eigenvalue weighted by Gasteiger charge is -2.11. The number of hydrogen-bond acceptors (Lipinski definition) is 3. The SMILES string of the molecule is CC(CO)c1ccc(S(=O)(=O)C(C)C)cc1. The fourth-order valence-corrected chi connectivity index (χ4v) is 2.42. The highest BCUT2D eigenvalue weighted by Gasteiger charge is 2.18. The Kier molecular flexibility index (Phi) is 4.10.